The maximum absolute atomic E-state index is 9.35. The molecule has 1 aromatic rings. The third kappa shape index (κ3) is 1.78. The summed E-state index contributed by atoms with van der Waals surface area (Å²) in [7, 11) is 0. The summed E-state index contributed by atoms with van der Waals surface area (Å²) in [4.78, 5) is 10.4. The number of hydrogen-bond donors (Lipinski definition) is 1. The first kappa shape index (κ1) is 8.44. The normalized spacial score (nSPS) is 22.3. The van der Waals surface area contributed by atoms with Crippen molar-refractivity contribution < 1.29 is 5.11 Å². The smallest absolute Gasteiger partial charge is 0.132 e. The van der Waals surface area contributed by atoms with E-state index >= 15 is 0 Å². The van der Waals surface area contributed by atoms with Gasteiger partial charge in [0.1, 0.15) is 11.6 Å². The number of hydrogen-bond acceptors (Lipinski definition) is 4. The van der Waals surface area contributed by atoms with Crippen molar-refractivity contribution in [3.05, 3.63) is 18.1 Å². The Morgan fingerprint density at radius 3 is 3.08 bits per heavy atom. The monoisotopic (exact) mass is 179 g/mol. The lowest BCUT2D eigenvalue weighted by molar-refractivity contribution is 0.198. The number of aryl methyl sites for hydroxylation is 1. The second-order valence-corrected chi connectivity index (χ2v) is 3.35. The Hall–Kier alpha value is -1.16. The van der Waals surface area contributed by atoms with Gasteiger partial charge in [-0.3, -0.25) is 0 Å². The van der Waals surface area contributed by atoms with Crippen molar-refractivity contribution in [2.75, 3.05) is 18.0 Å². The van der Waals surface area contributed by atoms with Crippen molar-refractivity contribution in [1.29, 1.82) is 0 Å². The number of aliphatic hydroxyl groups excluding tert-OH is 1. The first-order chi connectivity index (χ1) is 6.25. The maximum Gasteiger partial charge on any atom is 0.132 e. The molecule has 1 aliphatic rings. The van der Waals surface area contributed by atoms with Crippen LogP contribution in [-0.2, 0) is 0 Å². The molecule has 1 aliphatic heterocycles. The molecular formula is C9H13N3O. The summed E-state index contributed by atoms with van der Waals surface area (Å²) < 4.78 is 0. The lowest BCUT2D eigenvalue weighted by Gasteiger charge is -2.15. The molecule has 1 saturated heterocycles. The Morgan fingerprint density at radius 1 is 1.62 bits per heavy atom. The van der Waals surface area contributed by atoms with Crippen molar-refractivity contribution in [2.45, 2.75) is 19.4 Å². The van der Waals surface area contributed by atoms with E-state index in [-0.39, 0.29) is 6.10 Å². The summed E-state index contributed by atoms with van der Waals surface area (Å²) in [5.74, 6) is 1.70. The molecule has 2 heterocycles. The van der Waals surface area contributed by atoms with Gasteiger partial charge in [-0.1, -0.05) is 0 Å². The largest absolute Gasteiger partial charge is 0.391 e. The van der Waals surface area contributed by atoms with E-state index in [0.29, 0.717) is 6.54 Å². The van der Waals surface area contributed by atoms with Crippen LogP contribution < -0.4 is 4.90 Å². The average molecular weight is 179 g/mol. The van der Waals surface area contributed by atoms with Crippen LogP contribution in [0.15, 0.2) is 12.3 Å². The Kier molecular flexibility index (Phi) is 2.14. The molecule has 1 aromatic heterocycles. The minimum Gasteiger partial charge on any atom is -0.391 e. The number of anilines is 1. The number of aliphatic hydroxyl groups is 1. The second kappa shape index (κ2) is 3.30. The standard InChI is InChI=1S/C9H13N3O/c1-7-10-4-2-9(11-7)12-5-3-8(13)6-12/h2,4,8,13H,3,5-6H2,1H3/t8-/m1/s1. The lowest BCUT2D eigenvalue weighted by Crippen LogP contribution is -2.22. The molecule has 4 heteroatoms. The molecule has 0 spiro atoms. The van der Waals surface area contributed by atoms with Crippen LogP contribution >= 0.6 is 0 Å². The third-order valence-corrected chi connectivity index (χ3v) is 2.25. The van der Waals surface area contributed by atoms with Crippen LogP contribution in [0.4, 0.5) is 5.82 Å². The zero-order valence-electron chi connectivity index (χ0n) is 7.64. The van der Waals surface area contributed by atoms with Gasteiger partial charge in [-0.05, 0) is 19.4 Å². The van der Waals surface area contributed by atoms with Crippen LogP contribution in [0.1, 0.15) is 12.2 Å². The molecule has 1 fully saturated rings. The van der Waals surface area contributed by atoms with E-state index in [1.807, 2.05) is 13.0 Å². The predicted molar refractivity (Wildman–Crippen MR) is 49.6 cm³/mol. The number of β-amino-alcohol motifs (C(OH)–C–C–N with tert-alkyl or cyclic N) is 1. The van der Waals surface area contributed by atoms with E-state index in [0.717, 1.165) is 24.6 Å². The van der Waals surface area contributed by atoms with E-state index in [1.54, 1.807) is 6.20 Å². The fourth-order valence-corrected chi connectivity index (χ4v) is 1.57. The van der Waals surface area contributed by atoms with Crippen molar-refractivity contribution in [1.82, 2.24) is 9.97 Å². The molecule has 0 aliphatic carbocycles. The van der Waals surface area contributed by atoms with Crippen molar-refractivity contribution in [3.8, 4) is 0 Å². The van der Waals surface area contributed by atoms with Crippen molar-refractivity contribution in [3.63, 3.8) is 0 Å². The van der Waals surface area contributed by atoms with Gasteiger partial charge >= 0.3 is 0 Å². The molecule has 0 unspecified atom stereocenters. The summed E-state index contributed by atoms with van der Waals surface area (Å²) in [6.45, 7) is 3.45. The summed E-state index contributed by atoms with van der Waals surface area (Å²) in [5, 5.41) is 9.35. The summed E-state index contributed by atoms with van der Waals surface area (Å²) in [6, 6.07) is 1.88. The molecule has 0 saturated carbocycles. The Labute approximate surface area is 77.2 Å². The van der Waals surface area contributed by atoms with Crippen LogP contribution in [0.3, 0.4) is 0 Å². The summed E-state index contributed by atoms with van der Waals surface area (Å²) in [6.07, 6.45) is 2.39. The van der Waals surface area contributed by atoms with E-state index in [9.17, 15) is 5.11 Å². The molecule has 0 aromatic carbocycles. The topological polar surface area (TPSA) is 49.2 Å². The molecule has 13 heavy (non-hydrogen) atoms. The van der Waals surface area contributed by atoms with Gasteiger partial charge in [0.2, 0.25) is 0 Å². The van der Waals surface area contributed by atoms with E-state index in [4.69, 9.17) is 0 Å². The maximum atomic E-state index is 9.35. The Bertz CT molecular complexity index is 303. The highest BCUT2D eigenvalue weighted by Crippen LogP contribution is 2.16. The van der Waals surface area contributed by atoms with Gasteiger partial charge in [-0.2, -0.15) is 0 Å². The van der Waals surface area contributed by atoms with Crippen molar-refractivity contribution in [2.24, 2.45) is 0 Å². The zero-order valence-corrected chi connectivity index (χ0v) is 7.64. The minimum atomic E-state index is -0.199. The molecule has 2 rings (SSSR count). The molecule has 4 nitrogen and oxygen atoms in total. The lowest BCUT2D eigenvalue weighted by atomic mass is 10.3. The fourth-order valence-electron chi connectivity index (χ4n) is 1.57. The van der Waals surface area contributed by atoms with Gasteiger partial charge in [0.05, 0.1) is 6.10 Å². The van der Waals surface area contributed by atoms with E-state index < -0.39 is 0 Å². The van der Waals surface area contributed by atoms with Crippen LogP contribution in [0.5, 0.6) is 0 Å². The zero-order chi connectivity index (χ0) is 9.26. The third-order valence-electron chi connectivity index (χ3n) is 2.25. The Morgan fingerprint density at radius 2 is 2.46 bits per heavy atom. The van der Waals surface area contributed by atoms with Crippen LogP contribution in [-0.4, -0.2) is 34.3 Å². The Balaban J connectivity index is 2.16. The quantitative estimate of drug-likeness (QED) is 0.676. The first-order valence-electron chi connectivity index (χ1n) is 4.48. The molecule has 1 atom stereocenters. The first-order valence-corrected chi connectivity index (χ1v) is 4.48. The van der Waals surface area contributed by atoms with Crippen molar-refractivity contribution >= 4 is 5.82 Å². The van der Waals surface area contributed by atoms with Gasteiger partial charge in [-0.25, -0.2) is 9.97 Å². The average Bonchev–Trinajstić information content (AvgIpc) is 2.52. The van der Waals surface area contributed by atoms with Crippen LogP contribution in [0.25, 0.3) is 0 Å². The number of aromatic nitrogens is 2. The molecule has 0 amide bonds. The highest BCUT2D eigenvalue weighted by Gasteiger charge is 2.20. The second-order valence-electron chi connectivity index (χ2n) is 3.35. The van der Waals surface area contributed by atoms with Crippen LogP contribution in [0.2, 0.25) is 0 Å². The van der Waals surface area contributed by atoms with Gasteiger partial charge < -0.3 is 10.0 Å². The molecular weight excluding hydrogens is 166 g/mol. The summed E-state index contributed by atoms with van der Waals surface area (Å²) >= 11 is 0. The molecule has 70 valence electrons. The van der Waals surface area contributed by atoms with E-state index in [1.165, 1.54) is 0 Å². The van der Waals surface area contributed by atoms with Gasteiger partial charge in [0.25, 0.3) is 0 Å². The highest BCUT2D eigenvalue weighted by atomic mass is 16.3. The summed E-state index contributed by atoms with van der Waals surface area (Å²) in [5.41, 5.74) is 0. The SMILES string of the molecule is Cc1nccc(N2CC[C@@H](O)C2)n1. The number of nitrogens with zero attached hydrogens (tertiary/aromatic N) is 3. The van der Waals surface area contributed by atoms with Gasteiger partial charge in [-0.15, -0.1) is 0 Å². The van der Waals surface area contributed by atoms with Gasteiger partial charge in [0.15, 0.2) is 0 Å². The van der Waals surface area contributed by atoms with Gasteiger partial charge in [0, 0.05) is 19.3 Å². The molecule has 0 bridgehead atoms. The van der Waals surface area contributed by atoms with Crippen LogP contribution in [0, 0.1) is 6.92 Å². The van der Waals surface area contributed by atoms with E-state index in [2.05, 4.69) is 14.9 Å². The highest BCUT2D eigenvalue weighted by molar-refractivity contribution is 5.38. The fraction of sp³-hybridized carbons (Fsp3) is 0.556. The predicted octanol–water partition coefficient (Wildman–Crippen LogP) is 0.356. The minimum absolute atomic E-state index is 0.199. The molecule has 1 N–H and O–H groups in total. The molecule has 0 radical (unpaired) electrons. The number of rotatable bonds is 1.